The Labute approximate surface area is 242 Å². The van der Waals surface area contributed by atoms with Crippen molar-refractivity contribution in [1.29, 1.82) is 0 Å². The Bertz CT molecular complexity index is 1460. The second-order valence-corrected chi connectivity index (χ2v) is 11.9. The van der Waals surface area contributed by atoms with Gasteiger partial charge in [-0.25, -0.2) is 14.6 Å². The van der Waals surface area contributed by atoms with E-state index in [1.165, 1.54) is 18.0 Å². The number of esters is 1. The number of carbonyl (C=O) groups excluding carboxylic acids is 1. The number of carbonyl (C=O) groups is 1. The Balaban J connectivity index is 1.58. The zero-order valence-corrected chi connectivity index (χ0v) is 24.9. The van der Waals surface area contributed by atoms with Crippen LogP contribution < -0.4 is 16.4 Å². The Kier molecular flexibility index (Phi) is 10.1. The van der Waals surface area contributed by atoms with Crippen LogP contribution in [0.2, 0.25) is 0 Å². The van der Waals surface area contributed by atoms with Gasteiger partial charge in [-0.15, -0.1) is 0 Å². The van der Waals surface area contributed by atoms with E-state index >= 15 is 0 Å². The predicted molar refractivity (Wildman–Crippen MR) is 151 cm³/mol. The first-order chi connectivity index (χ1) is 19.9. The van der Waals surface area contributed by atoms with Crippen LogP contribution in [0.15, 0.2) is 41.5 Å². The topological polar surface area (TPSA) is 202 Å². The first-order valence-electron chi connectivity index (χ1n) is 13.4. The maximum Gasteiger partial charge on any atom is 0.403 e. The molecule has 1 aliphatic heterocycles. The highest BCUT2D eigenvalue weighted by molar-refractivity contribution is 7.50. The van der Waals surface area contributed by atoms with Crippen LogP contribution in [0.5, 0.6) is 0 Å². The molecular weight excluding hydrogens is 571 g/mol. The van der Waals surface area contributed by atoms with E-state index in [0.717, 1.165) is 5.56 Å². The molecule has 3 aromatic rings. The molecule has 1 saturated heterocycles. The minimum absolute atomic E-state index is 0.0495. The summed E-state index contributed by atoms with van der Waals surface area (Å²) >= 11 is 0. The summed E-state index contributed by atoms with van der Waals surface area (Å²) in [7, 11) is -3.37. The largest absolute Gasteiger partial charge is 0.468 e. The van der Waals surface area contributed by atoms with Crippen LogP contribution in [0, 0.1) is 0 Å². The van der Waals surface area contributed by atoms with Gasteiger partial charge < -0.3 is 29.6 Å². The van der Waals surface area contributed by atoms with Crippen molar-refractivity contribution in [3.8, 4) is 0 Å². The molecule has 1 aromatic carbocycles. The van der Waals surface area contributed by atoms with Crippen molar-refractivity contribution in [2.24, 2.45) is 0 Å². The van der Waals surface area contributed by atoms with E-state index in [1.807, 2.05) is 33.8 Å². The number of nitrogens with one attached hydrogen (secondary N) is 2. The van der Waals surface area contributed by atoms with Gasteiger partial charge in [-0.1, -0.05) is 30.3 Å². The van der Waals surface area contributed by atoms with Gasteiger partial charge in [0.05, 0.1) is 32.3 Å². The van der Waals surface area contributed by atoms with E-state index in [1.54, 1.807) is 24.3 Å². The van der Waals surface area contributed by atoms with E-state index < -0.39 is 56.5 Å². The van der Waals surface area contributed by atoms with Crippen molar-refractivity contribution in [1.82, 2.24) is 24.6 Å². The summed E-state index contributed by atoms with van der Waals surface area (Å²) in [5.74, 6) is -0.833. The number of nitrogens with zero attached hydrogens (tertiary/aromatic N) is 3. The molecule has 16 heteroatoms. The summed E-state index contributed by atoms with van der Waals surface area (Å²) in [6.45, 7) is 6.93. The molecule has 0 spiro atoms. The summed E-state index contributed by atoms with van der Waals surface area (Å²) in [6, 6.07) is 7.82. The fourth-order valence-corrected chi connectivity index (χ4v) is 5.73. The van der Waals surface area contributed by atoms with Gasteiger partial charge >= 0.3 is 13.7 Å². The van der Waals surface area contributed by atoms with Crippen LogP contribution in [0.25, 0.3) is 11.2 Å². The van der Waals surface area contributed by atoms with Crippen molar-refractivity contribution < 1.29 is 37.7 Å². The number of hydrogen-bond donors (Lipinski definition) is 4. The third-order valence-electron chi connectivity index (χ3n) is 6.37. The Morgan fingerprint density at radius 1 is 1.19 bits per heavy atom. The number of hydrogen-bond acceptors (Lipinski definition) is 11. The maximum atomic E-state index is 13.1. The van der Waals surface area contributed by atoms with Crippen LogP contribution in [-0.2, 0) is 39.3 Å². The predicted octanol–water partition coefficient (Wildman–Crippen LogP) is 1.68. The van der Waals surface area contributed by atoms with Crippen molar-refractivity contribution in [2.75, 3.05) is 19.5 Å². The minimum atomic E-state index is -4.57. The fourth-order valence-electron chi connectivity index (χ4n) is 4.72. The minimum Gasteiger partial charge on any atom is -0.468 e. The molecule has 230 valence electrons. The number of methoxy groups -OCH3 is 1. The molecule has 2 unspecified atom stereocenters. The standard InChI is InChI=1S/C26H37N6O9P/c1-14(2)39-20-18(12-38-42(35,36)31-17(25(34)37-5)11-16-9-7-6-8-10-16)41-24(21(20)40-15(3)4)32-13-28-19-22(32)29-26(27)30-23(19)33/h6-10,13-15,17-18,20-21,24H,11-12H2,1-5H3,(H2,31,35,36)(H3,27,29,30,33)/t17?,18-,20-,21-,24-/m1/s1. The molecule has 2 aromatic heterocycles. The monoisotopic (exact) mass is 608 g/mol. The Morgan fingerprint density at radius 3 is 2.50 bits per heavy atom. The van der Waals surface area contributed by atoms with E-state index in [9.17, 15) is 19.0 Å². The van der Waals surface area contributed by atoms with Gasteiger partial charge in [-0.2, -0.15) is 4.98 Å². The lowest BCUT2D eigenvalue weighted by Crippen LogP contribution is -2.42. The third kappa shape index (κ3) is 7.61. The number of nitrogens with two attached hydrogens (primary N) is 1. The molecule has 6 atom stereocenters. The van der Waals surface area contributed by atoms with Gasteiger partial charge in [-0.3, -0.25) is 23.7 Å². The lowest BCUT2D eigenvalue weighted by Gasteiger charge is -2.28. The van der Waals surface area contributed by atoms with Crippen molar-refractivity contribution in [2.45, 2.75) is 76.9 Å². The summed E-state index contributed by atoms with van der Waals surface area (Å²) in [4.78, 5) is 46.3. The number of ether oxygens (including phenoxy) is 4. The molecule has 4 rings (SSSR count). The van der Waals surface area contributed by atoms with Gasteiger partial charge in [0.25, 0.3) is 5.56 Å². The summed E-state index contributed by atoms with van der Waals surface area (Å²) < 4.78 is 43.6. The number of H-pyrrole nitrogens is 1. The smallest absolute Gasteiger partial charge is 0.403 e. The summed E-state index contributed by atoms with van der Waals surface area (Å²) in [5.41, 5.74) is 6.23. The molecule has 1 fully saturated rings. The molecule has 3 heterocycles. The van der Waals surface area contributed by atoms with Crippen molar-refractivity contribution in [3.05, 3.63) is 52.6 Å². The molecular formula is C26H37N6O9P. The SMILES string of the molecule is COC(=O)C(Cc1ccccc1)NP(=O)(O)OC[C@H]1O[C@@H](n2cnc3c(=O)[nH]c(N)nc32)[C@H](OC(C)C)[C@@H]1OC(C)C. The molecule has 0 radical (unpaired) electrons. The van der Waals surface area contributed by atoms with Crippen LogP contribution in [0.1, 0.15) is 39.5 Å². The first-order valence-corrected chi connectivity index (χ1v) is 15.0. The Morgan fingerprint density at radius 2 is 1.86 bits per heavy atom. The summed E-state index contributed by atoms with van der Waals surface area (Å²) in [5, 5.41) is 2.40. The molecule has 1 aliphatic rings. The normalized spacial score (nSPS) is 23.0. The number of aromatic amines is 1. The lowest BCUT2D eigenvalue weighted by molar-refractivity contribution is -0.142. The maximum absolute atomic E-state index is 13.1. The molecule has 42 heavy (non-hydrogen) atoms. The third-order valence-corrected chi connectivity index (χ3v) is 7.51. The number of rotatable bonds is 13. The molecule has 0 saturated carbocycles. The molecule has 5 N–H and O–H groups in total. The molecule has 0 aliphatic carbocycles. The average Bonchev–Trinajstić information content (AvgIpc) is 3.48. The van der Waals surface area contributed by atoms with Gasteiger partial charge in [0, 0.05) is 0 Å². The van der Waals surface area contributed by atoms with Crippen LogP contribution in [-0.4, -0.2) is 80.7 Å². The Hall–Kier alpha value is -3.17. The second-order valence-electron chi connectivity index (χ2n) is 10.3. The molecule has 15 nitrogen and oxygen atoms in total. The van der Waals surface area contributed by atoms with Gasteiger partial charge in [0.15, 0.2) is 17.4 Å². The van der Waals surface area contributed by atoms with Gasteiger partial charge in [0.1, 0.15) is 24.4 Å². The van der Waals surface area contributed by atoms with E-state index in [2.05, 4.69) is 20.0 Å². The quantitative estimate of drug-likeness (QED) is 0.161. The first kappa shape index (κ1) is 31.8. The number of benzene rings is 1. The highest BCUT2D eigenvalue weighted by Gasteiger charge is 2.49. The number of aromatic nitrogens is 4. The fraction of sp³-hybridized carbons (Fsp3) is 0.538. The zero-order chi connectivity index (χ0) is 30.6. The van der Waals surface area contributed by atoms with E-state index in [4.69, 9.17) is 29.2 Å². The van der Waals surface area contributed by atoms with E-state index in [-0.39, 0.29) is 35.7 Å². The van der Waals surface area contributed by atoms with Crippen molar-refractivity contribution in [3.63, 3.8) is 0 Å². The highest BCUT2D eigenvalue weighted by atomic mass is 31.2. The number of fused-ring (bicyclic) bond motifs is 1. The lowest BCUT2D eigenvalue weighted by atomic mass is 10.1. The van der Waals surface area contributed by atoms with E-state index in [0.29, 0.717) is 0 Å². The van der Waals surface area contributed by atoms with Gasteiger partial charge in [-0.05, 0) is 39.7 Å². The molecule has 0 amide bonds. The van der Waals surface area contributed by atoms with Crippen molar-refractivity contribution >= 4 is 30.8 Å². The average molecular weight is 609 g/mol. The van der Waals surface area contributed by atoms with Crippen LogP contribution >= 0.6 is 7.75 Å². The zero-order valence-electron chi connectivity index (χ0n) is 24.0. The highest BCUT2D eigenvalue weighted by Crippen LogP contribution is 2.42. The van der Waals surface area contributed by atoms with Crippen LogP contribution in [0.4, 0.5) is 5.95 Å². The van der Waals surface area contributed by atoms with Crippen LogP contribution in [0.3, 0.4) is 0 Å². The second kappa shape index (κ2) is 13.4. The number of imidazole rings is 1. The molecule has 0 bridgehead atoms. The number of anilines is 1. The van der Waals surface area contributed by atoms with Gasteiger partial charge in [0.2, 0.25) is 5.95 Å². The summed E-state index contributed by atoms with van der Waals surface area (Å²) in [6.07, 6.45) is -2.41. The number of nitrogen functional groups attached to an aromatic ring is 1.